The second-order valence-corrected chi connectivity index (χ2v) is 6.73. The number of pyridine rings is 1. The van der Waals surface area contributed by atoms with Crippen LogP contribution in [0.25, 0.3) is 22.6 Å². The second-order valence-electron chi connectivity index (χ2n) is 4.71. The molecule has 5 nitrogen and oxygen atoms in total. The number of nitrogens with one attached hydrogen (secondary N) is 1. The molecule has 0 spiro atoms. The third kappa shape index (κ3) is 2.18. The highest BCUT2D eigenvalue weighted by atomic mass is 32.2. The largest absolute Gasteiger partial charge is 0.336 e. The van der Waals surface area contributed by atoms with E-state index in [4.69, 9.17) is 0 Å². The minimum atomic E-state index is -3.23. The lowest BCUT2D eigenvalue weighted by Gasteiger charge is -2.00. The van der Waals surface area contributed by atoms with Gasteiger partial charge < -0.3 is 4.98 Å². The molecule has 0 radical (unpaired) electrons. The molecule has 0 unspecified atom stereocenters. The number of aryl methyl sites for hydroxylation is 1. The van der Waals surface area contributed by atoms with E-state index < -0.39 is 9.84 Å². The van der Waals surface area contributed by atoms with Gasteiger partial charge in [0.2, 0.25) is 0 Å². The highest BCUT2D eigenvalue weighted by Gasteiger charge is 2.11. The van der Waals surface area contributed by atoms with Crippen molar-refractivity contribution in [2.24, 2.45) is 0 Å². The normalized spacial score (nSPS) is 11.9. The van der Waals surface area contributed by atoms with E-state index in [1.807, 2.05) is 19.1 Å². The second kappa shape index (κ2) is 4.42. The van der Waals surface area contributed by atoms with Crippen molar-refractivity contribution in [1.29, 1.82) is 0 Å². The van der Waals surface area contributed by atoms with Crippen molar-refractivity contribution in [2.75, 3.05) is 6.26 Å². The Bertz CT molecular complexity index is 898. The monoisotopic (exact) mass is 287 g/mol. The van der Waals surface area contributed by atoms with Crippen LogP contribution in [0.3, 0.4) is 0 Å². The van der Waals surface area contributed by atoms with Crippen LogP contribution >= 0.6 is 0 Å². The van der Waals surface area contributed by atoms with Crippen LogP contribution < -0.4 is 0 Å². The van der Waals surface area contributed by atoms with Gasteiger partial charge in [-0.25, -0.2) is 18.4 Å². The summed E-state index contributed by atoms with van der Waals surface area (Å²) >= 11 is 0. The zero-order valence-electron chi connectivity index (χ0n) is 11.1. The first-order chi connectivity index (χ1) is 9.45. The molecule has 0 amide bonds. The summed E-state index contributed by atoms with van der Waals surface area (Å²) < 4.78 is 23.2. The zero-order chi connectivity index (χ0) is 14.3. The molecule has 102 valence electrons. The van der Waals surface area contributed by atoms with Gasteiger partial charge in [-0.2, -0.15) is 0 Å². The van der Waals surface area contributed by atoms with Gasteiger partial charge in [-0.05, 0) is 30.7 Å². The number of benzene rings is 1. The Morgan fingerprint density at radius 2 is 2.00 bits per heavy atom. The van der Waals surface area contributed by atoms with Crippen molar-refractivity contribution in [3.8, 4) is 11.4 Å². The molecular weight excluding hydrogens is 274 g/mol. The molecule has 0 fully saturated rings. The molecular formula is C14H13N3O2S. The van der Waals surface area contributed by atoms with E-state index in [1.54, 1.807) is 24.4 Å². The average molecular weight is 287 g/mol. The molecule has 0 bridgehead atoms. The SMILES string of the molecule is Cc1ccnc2nc(-c3cccc(S(C)(=O)=O)c3)[nH]c12. The van der Waals surface area contributed by atoms with Gasteiger partial charge >= 0.3 is 0 Å². The van der Waals surface area contributed by atoms with Crippen LogP contribution in [0.2, 0.25) is 0 Å². The lowest BCUT2D eigenvalue weighted by atomic mass is 10.2. The van der Waals surface area contributed by atoms with Crippen molar-refractivity contribution in [1.82, 2.24) is 15.0 Å². The van der Waals surface area contributed by atoms with Gasteiger partial charge in [-0.3, -0.25) is 0 Å². The summed E-state index contributed by atoms with van der Waals surface area (Å²) in [5.41, 5.74) is 3.27. The summed E-state index contributed by atoms with van der Waals surface area (Å²) in [5, 5.41) is 0. The molecule has 0 aliphatic rings. The molecule has 0 aliphatic heterocycles. The third-order valence-corrected chi connectivity index (χ3v) is 4.25. The number of H-pyrrole nitrogens is 1. The standard InChI is InChI=1S/C14H13N3O2S/c1-9-6-7-15-14-12(9)16-13(17-14)10-4-3-5-11(8-10)20(2,18)19/h3-8H,1-2H3,(H,15,16,17). The molecule has 20 heavy (non-hydrogen) atoms. The molecule has 1 aromatic carbocycles. The Morgan fingerprint density at radius 1 is 1.20 bits per heavy atom. The van der Waals surface area contributed by atoms with Crippen molar-refractivity contribution in [3.63, 3.8) is 0 Å². The van der Waals surface area contributed by atoms with Crippen molar-refractivity contribution >= 4 is 21.0 Å². The van der Waals surface area contributed by atoms with Crippen molar-refractivity contribution in [2.45, 2.75) is 11.8 Å². The molecule has 2 heterocycles. The van der Waals surface area contributed by atoms with Crippen molar-refractivity contribution < 1.29 is 8.42 Å². The first-order valence-electron chi connectivity index (χ1n) is 6.07. The molecule has 1 N–H and O–H groups in total. The molecule has 0 saturated heterocycles. The van der Waals surface area contributed by atoms with Crippen LogP contribution in [-0.4, -0.2) is 29.6 Å². The predicted octanol–water partition coefficient (Wildman–Crippen LogP) is 2.34. The maximum absolute atomic E-state index is 11.6. The number of fused-ring (bicyclic) bond motifs is 1. The molecule has 3 aromatic rings. The van der Waals surface area contributed by atoms with E-state index in [0.29, 0.717) is 11.5 Å². The van der Waals surface area contributed by atoms with Crippen molar-refractivity contribution in [3.05, 3.63) is 42.1 Å². The van der Waals surface area contributed by atoms with E-state index >= 15 is 0 Å². The van der Waals surface area contributed by atoms with Gasteiger partial charge in [0.1, 0.15) is 5.82 Å². The Labute approximate surface area is 116 Å². The lowest BCUT2D eigenvalue weighted by molar-refractivity contribution is 0.602. The van der Waals surface area contributed by atoms with Gasteiger partial charge in [0, 0.05) is 18.0 Å². The smallest absolute Gasteiger partial charge is 0.178 e. The maximum atomic E-state index is 11.6. The number of nitrogens with zero attached hydrogens (tertiary/aromatic N) is 2. The fourth-order valence-corrected chi connectivity index (χ4v) is 2.71. The quantitative estimate of drug-likeness (QED) is 0.785. The van der Waals surface area contributed by atoms with Gasteiger partial charge in [0.05, 0.1) is 10.4 Å². The molecule has 0 saturated carbocycles. The Balaban J connectivity index is 2.19. The summed E-state index contributed by atoms with van der Waals surface area (Å²) in [4.78, 5) is 12.1. The van der Waals surface area contributed by atoms with Crippen LogP contribution in [0.15, 0.2) is 41.4 Å². The molecule has 0 atom stereocenters. The maximum Gasteiger partial charge on any atom is 0.178 e. The third-order valence-electron chi connectivity index (χ3n) is 3.14. The number of sulfone groups is 1. The Morgan fingerprint density at radius 3 is 2.70 bits per heavy atom. The number of imidazole rings is 1. The van der Waals surface area contributed by atoms with Gasteiger partial charge in [0.25, 0.3) is 0 Å². The van der Waals surface area contributed by atoms with E-state index in [0.717, 1.165) is 16.6 Å². The first-order valence-corrected chi connectivity index (χ1v) is 7.96. The van der Waals surface area contributed by atoms with E-state index in [9.17, 15) is 8.42 Å². The van der Waals surface area contributed by atoms with Crippen LogP contribution in [-0.2, 0) is 9.84 Å². The Hall–Kier alpha value is -2.21. The summed E-state index contributed by atoms with van der Waals surface area (Å²) in [7, 11) is -3.23. The lowest BCUT2D eigenvalue weighted by Crippen LogP contribution is -1.97. The number of aromatic amines is 1. The summed E-state index contributed by atoms with van der Waals surface area (Å²) in [6.45, 7) is 1.97. The summed E-state index contributed by atoms with van der Waals surface area (Å²) in [6.07, 6.45) is 2.89. The number of rotatable bonds is 2. The van der Waals surface area contributed by atoms with E-state index in [-0.39, 0.29) is 4.90 Å². The van der Waals surface area contributed by atoms with Crippen LogP contribution in [0.4, 0.5) is 0 Å². The number of aromatic nitrogens is 3. The molecule has 3 rings (SSSR count). The first kappa shape index (κ1) is 12.8. The van der Waals surface area contributed by atoms with Gasteiger partial charge in [-0.1, -0.05) is 12.1 Å². The topological polar surface area (TPSA) is 75.7 Å². The van der Waals surface area contributed by atoms with Gasteiger partial charge in [0.15, 0.2) is 15.5 Å². The fraction of sp³-hybridized carbons (Fsp3) is 0.143. The van der Waals surface area contributed by atoms with Crippen LogP contribution in [0.5, 0.6) is 0 Å². The van der Waals surface area contributed by atoms with Crippen LogP contribution in [0.1, 0.15) is 5.56 Å². The number of hydrogen-bond acceptors (Lipinski definition) is 4. The highest BCUT2D eigenvalue weighted by Crippen LogP contribution is 2.23. The van der Waals surface area contributed by atoms with E-state index in [2.05, 4.69) is 15.0 Å². The minimum Gasteiger partial charge on any atom is -0.336 e. The molecule has 6 heteroatoms. The predicted molar refractivity (Wildman–Crippen MR) is 77.2 cm³/mol. The highest BCUT2D eigenvalue weighted by molar-refractivity contribution is 7.90. The van der Waals surface area contributed by atoms with E-state index in [1.165, 1.54) is 6.26 Å². The summed E-state index contributed by atoms with van der Waals surface area (Å²) in [5.74, 6) is 0.618. The Kier molecular flexibility index (Phi) is 2.83. The number of hydrogen-bond donors (Lipinski definition) is 1. The molecule has 2 aromatic heterocycles. The average Bonchev–Trinajstić information content (AvgIpc) is 2.83. The minimum absolute atomic E-state index is 0.278. The molecule has 0 aliphatic carbocycles. The zero-order valence-corrected chi connectivity index (χ0v) is 11.9. The van der Waals surface area contributed by atoms with Gasteiger partial charge in [-0.15, -0.1) is 0 Å². The summed E-state index contributed by atoms with van der Waals surface area (Å²) in [6, 6.07) is 8.62. The van der Waals surface area contributed by atoms with Crippen LogP contribution in [0, 0.1) is 6.92 Å². The fourth-order valence-electron chi connectivity index (χ4n) is 2.05.